The molecule has 2 rings (SSSR count). The van der Waals surface area contributed by atoms with Crippen LogP contribution in [0.3, 0.4) is 0 Å². The van der Waals surface area contributed by atoms with Crippen LogP contribution in [0, 0.1) is 5.92 Å². The monoisotopic (exact) mass is 196 g/mol. The first-order chi connectivity index (χ1) is 6.56. The molecule has 1 aliphatic carbocycles. The van der Waals surface area contributed by atoms with Gasteiger partial charge in [-0.15, -0.1) is 0 Å². The predicted molar refractivity (Wildman–Crippen MR) is 51.7 cm³/mol. The van der Waals surface area contributed by atoms with Gasteiger partial charge in [-0.1, -0.05) is 6.92 Å². The van der Waals surface area contributed by atoms with Gasteiger partial charge in [0.2, 0.25) is 0 Å². The highest BCUT2D eigenvalue weighted by Crippen LogP contribution is 2.38. The standard InChI is InChI=1S/C10H16N2O2/c1-7-3-5-10(6-4-7)8(13)11-9(14)12(10)2/h7H,3-6H2,1-2H3,(H,11,13,14). The van der Waals surface area contributed by atoms with Gasteiger partial charge < -0.3 is 4.90 Å². The van der Waals surface area contributed by atoms with E-state index in [0.717, 1.165) is 25.7 Å². The van der Waals surface area contributed by atoms with E-state index < -0.39 is 5.54 Å². The molecule has 78 valence electrons. The van der Waals surface area contributed by atoms with E-state index in [2.05, 4.69) is 12.2 Å². The summed E-state index contributed by atoms with van der Waals surface area (Å²) in [5.74, 6) is 0.578. The molecule has 2 aliphatic rings. The van der Waals surface area contributed by atoms with Crippen LogP contribution in [-0.4, -0.2) is 29.4 Å². The van der Waals surface area contributed by atoms with Gasteiger partial charge in [-0.3, -0.25) is 10.1 Å². The van der Waals surface area contributed by atoms with E-state index in [9.17, 15) is 9.59 Å². The topological polar surface area (TPSA) is 49.4 Å². The minimum Gasteiger partial charge on any atom is -0.313 e. The third kappa shape index (κ3) is 1.13. The maximum absolute atomic E-state index is 11.7. The van der Waals surface area contributed by atoms with Gasteiger partial charge in [-0.25, -0.2) is 4.79 Å². The van der Waals surface area contributed by atoms with E-state index in [1.807, 2.05) is 0 Å². The number of hydrogen-bond acceptors (Lipinski definition) is 2. The summed E-state index contributed by atoms with van der Waals surface area (Å²) in [5, 5.41) is 2.39. The molecule has 3 amide bonds. The highest BCUT2D eigenvalue weighted by molar-refractivity contribution is 6.06. The fourth-order valence-corrected chi connectivity index (χ4v) is 2.45. The normalized spacial score (nSPS) is 37.9. The molecule has 0 aromatic rings. The highest BCUT2D eigenvalue weighted by Gasteiger charge is 2.51. The smallest absolute Gasteiger partial charge is 0.313 e. The van der Waals surface area contributed by atoms with Crippen LogP contribution in [-0.2, 0) is 4.79 Å². The number of hydrogen-bond donors (Lipinski definition) is 1. The number of nitrogens with one attached hydrogen (secondary N) is 1. The minimum absolute atomic E-state index is 0.100. The molecule has 1 saturated carbocycles. The zero-order valence-electron chi connectivity index (χ0n) is 8.67. The number of imide groups is 1. The zero-order chi connectivity index (χ0) is 10.3. The molecule has 4 nitrogen and oxygen atoms in total. The molecule has 0 aromatic heterocycles. The van der Waals surface area contributed by atoms with Crippen LogP contribution in [0.25, 0.3) is 0 Å². The first-order valence-electron chi connectivity index (χ1n) is 5.15. The van der Waals surface area contributed by atoms with Crippen molar-refractivity contribution >= 4 is 11.9 Å². The molecule has 14 heavy (non-hydrogen) atoms. The van der Waals surface area contributed by atoms with Crippen LogP contribution in [0.15, 0.2) is 0 Å². The maximum Gasteiger partial charge on any atom is 0.324 e. The molecule has 1 saturated heterocycles. The second-order valence-electron chi connectivity index (χ2n) is 4.53. The predicted octanol–water partition coefficient (Wildman–Crippen LogP) is 1.12. The van der Waals surface area contributed by atoms with E-state index in [0.29, 0.717) is 5.92 Å². The molecule has 1 spiro atoms. The van der Waals surface area contributed by atoms with Crippen molar-refractivity contribution in [3.8, 4) is 0 Å². The van der Waals surface area contributed by atoms with Gasteiger partial charge in [0.05, 0.1) is 0 Å². The Bertz CT molecular complexity index is 280. The number of likely N-dealkylation sites (N-methyl/N-ethyl adjacent to an activating group) is 1. The first kappa shape index (κ1) is 9.49. The third-order valence-corrected chi connectivity index (χ3v) is 3.69. The van der Waals surface area contributed by atoms with E-state index in [-0.39, 0.29) is 11.9 Å². The summed E-state index contributed by atoms with van der Waals surface area (Å²) in [7, 11) is 1.72. The molecule has 0 atom stereocenters. The number of carbonyl (C=O) groups excluding carboxylic acids is 2. The number of nitrogens with zero attached hydrogens (tertiary/aromatic N) is 1. The fourth-order valence-electron chi connectivity index (χ4n) is 2.45. The summed E-state index contributed by atoms with van der Waals surface area (Å²) in [6.07, 6.45) is 3.68. The Balaban J connectivity index is 2.22. The Morgan fingerprint density at radius 3 is 2.36 bits per heavy atom. The lowest BCUT2D eigenvalue weighted by molar-refractivity contribution is -0.128. The Morgan fingerprint density at radius 2 is 1.93 bits per heavy atom. The number of carbonyl (C=O) groups is 2. The molecule has 2 fully saturated rings. The first-order valence-corrected chi connectivity index (χ1v) is 5.15. The van der Waals surface area contributed by atoms with Crippen molar-refractivity contribution in [2.24, 2.45) is 5.92 Å². The third-order valence-electron chi connectivity index (χ3n) is 3.69. The Morgan fingerprint density at radius 1 is 1.36 bits per heavy atom. The van der Waals surface area contributed by atoms with Gasteiger partial charge in [0.15, 0.2) is 0 Å². The van der Waals surface area contributed by atoms with Gasteiger partial charge in [-0.2, -0.15) is 0 Å². The lowest BCUT2D eigenvalue weighted by atomic mass is 9.76. The Labute approximate surface area is 83.6 Å². The molecule has 1 heterocycles. The van der Waals surface area contributed by atoms with Crippen LogP contribution in [0.1, 0.15) is 32.6 Å². The molecule has 0 aromatic carbocycles. The quantitative estimate of drug-likeness (QED) is 0.590. The van der Waals surface area contributed by atoms with Crippen LogP contribution < -0.4 is 5.32 Å². The van der Waals surface area contributed by atoms with Crippen molar-refractivity contribution in [2.75, 3.05) is 7.05 Å². The average Bonchev–Trinajstić information content (AvgIpc) is 2.36. The summed E-state index contributed by atoms with van der Waals surface area (Å²) in [6, 6.07) is -0.246. The second-order valence-corrected chi connectivity index (χ2v) is 4.53. The van der Waals surface area contributed by atoms with Gasteiger partial charge in [0, 0.05) is 7.05 Å². The van der Waals surface area contributed by atoms with Crippen molar-refractivity contribution in [3.63, 3.8) is 0 Å². The molecule has 0 radical (unpaired) electrons. The van der Waals surface area contributed by atoms with Crippen LogP contribution in [0.2, 0.25) is 0 Å². The number of urea groups is 1. The Hall–Kier alpha value is -1.06. The summed E-state index contributed by atoms with van der Waals surface area (Å²) >= 11 is 0. The minimum atomic E-state index is -0.524. The van der Waals surface area contributed by atoms with Crippen molar-refractivity contribution in [1.29, 1.82) is 0 Å². The van der Waals surface area contributed by atoms with Crippen molar-refractivity contribution < 1.29 is 9.59 Å². The van der Waals surface area contributed by atoms with E-state index >= 15 is 0 Å². The van der Waals surface area contributed by atoms with Gasteiger partial charge in [0.25, 0.3) is 5.91 Å². The largest absolute Gasteiger partial charge is 0.324 e. The van der Waals surface area contributed by atoms with Crippen molar-refractivity contribution in [3.05, 3.63) is 0 Å². The average molecular weight is 196 g/mol. The highest BCUT2D eigenvalue weighted by atomic mass is 16.2. The lowest BCUT2D eigenvalue weighted by Crippen LogP contribution is -2.50. The SMILES string of the molecule is CC1CCC2(CC1)C(=O)NC(=O)N2C. The Kier molecular flexibility index (Phi) is 2.01. The zero-order valence-corrected chi connectivity index (χ0v) is 8.67. The number of amides is 3. The van der Waals surface area contributed by atoms with Gasteiger partial charge in [0.1, 0.15) is 5.54 Å². The van der Waals surface area contributed by atoms with Crippen molar-refractivity contribution in [1.82, 2.24) is 10.2 Å². The summed E-state index contributed by atoms with van der Waals surface area (Å²) in [6.45, 7) is 2.20. The second kappa shape index (κ2) is 2.97. The van der Waals surface area contributed by atoms with Crippen molar-refractivity contribution in [2.45, 2.75) is 38.1 Å². The summed E-state index contributed by atoms with van der Waals surface area (Å²) < 4.78 is 0. The van der Waals surface area contributed by atoms with Crippen LogP contribution in [0.5, 0.6) is 0 Å². The van der Waals surface area contributed by atoms with Gasteiger partial charge >= 0.3 is 6.03 Å². The molecule has 1 N–H and O–H groups in total. The number of rotatable bonds is 0. The van der Waals surface area contributed by atoms with E-state index in [1.165, 1.54) is 0 Å². The molecule has 0 bridgehead atoms. The molecular weight excluding hydrogens is 180 g/mol. The summed E-state index contributed by atoms with van der Waals surface area (Å²) in [5.41, 5.74) is -0.524. The van der Waals surface area contributed by atoms with E-state index in [4.69, 9.17) is 0 Å². The molecule has 1 aliphatic heterocycles. The van der Waals surface area contributed by atoms with E-state index in [1.54, 1.807) is 11.9 Å². The molecular formula is C10H16N2O2. The van der Waals surface area contributed by atoms with Gasteiger partial charge in [-0.05, 0) is 31.6 Å². The summed E-state index contributed by atoms with van der Waals surface area (Å²) in [4.78, 5) is 24.6. The maximum atomic E-state index is 11.7. The fraction of sp³-hybridized carbons (Fsp3) is 0.800. The van der Waals surface area contributed by atoms with Crippen LogP contribution in [0.4, 0.5) is 4.79 Å². The lowest BCUT2D eigenvalue weighted by Gasteiger charge is -2.38. The van der Waals surface area contributed by atoms with Crippen LogP contribution >= 0.6 is 0 Å². The molecule has 0 unspecified atom stereocenters. The molecule has 4 heteroatoms.